The molecule has 3 nitrogen and oxygen atoms in total. The van der Waals surface area contributed by atoms with Crippen LogP contribution in [0.4, 0.5) is 4.39 Å². The van der Waals surface area contributed by atoms with E-state index in [-0.39, 0.29) is 11.9 Å². The lowest BCUT2D eigenvalue weighted by Gasteiger charge is -2.28. The van der Waals surface area contributed by atoms with E-state index in [4.69, 9.17) is 0 Å². The number of sulfonamides is 1. The summed E-state index contributed by atoms with van der Waals surface area (Å²) in [6.45, 7) is 0. The molecule has 0 aromatic heterocycles. The van der Waals surface area contributed by atoms with Crippen molar-refractivity contribution >= 4 is 10.0 Å². The minimum absolute atomic E-state index is 0.0525. The van der Waals surface area contributed by atoms with Crippen LogP contribution in [0.2, 0.25) is 0 Å². The Morgan fingerprint density at radius 2 is 1.67 bits per heavy atom. The van der Waals surface area contributed by atoms with Crippen molar-refractivity contribution in [1.82, 2.24) is 4.72 Å². The number of rotatable bonds is 3. The van der Waals surface area contributed by atoms with Gasteiger partial charge in [-0.05, 0) is 49.3 Å². The molecule has 1 aliphatic rings. The van der Waals surface area contributed by atoms with E-state index in [1.807, 2.05) is 12.1 Å². The summed E-state index contributed by atoms with van der Waals surface area (Å²) in [5.74, 6) is 0.203. The van der Waals surface area contributed by atoms with Crippen LogP contribution in [0.1, 0.15) is 37.2 Å². The molecule has 5 heteroatoms. The van der Waals surface area contributed by atoms with E-state index in [0.29, 0.717) is 5.92 Å². The average Bonchev–Trinajstić information content (AvgIpc) is 2.29. The maximum atomic E-state index is 12.8. The van der Waals surface area contributed by atoms with Crippen molar-refractivity contribution in [2.75, 3.05) is 6.26 Å². The molecule has 1 aromatic carbocycles. The van der Waals surface area contributed by atoms with Crippen molar-refractivity contribution < 1.29 is 12.8 Å². The van der Waals surface area contributed by atoms with Gasteiger partial charge in [-0.1, -0.05) is 12.1 Å². The molecule has 0 heterocycles. The van der Waals surface area contributed by atoms with Gasteiger partial charge in [0.2, 0.25) is 10.0 Å². The summed E-state index contributed by atoms with van der Waals surface area (Å²) < 4.78 is 37.7. The summed E-state index contributed by atoms with van der Waals surface area (Å²) in [6, 6.07) is 6.66. The van der Waals surface area contributed by atoms with E-state index in [0.717, 1.165) is 31.2 Å². The van der Waals surface area contributed by atoms with Crippen molar-refractivity contribution in [1.29, 1.82) is 0 Å². The van der Waals surface area contributed by atoms with Crippen molar-refractivity contribution in [3.05, 3.63) is 35.6 Å². The predicted octanol–water partition coefficient (Wildman–Crippen LogP) is 2.40. The Hall–Kier alpha value is -0.940. The zero-order valence-electron chi connectivity index (χ0n) is 10.4. The SMILES string of the molecule is CS(=O)(=O)NC1CCC(c2ccc(F)cc2)CC1. The minimum atomic E-state index is -3.11. The predicted molar refractivity (Wildman–Crippen MR) is 69.4 cm³/mol. The Morgan fingerprint density at radius 1 is 1.11 bits per heavy atom. The standard InChI is InChI=1S/C13H18FNO2S/c1-18(16,17)15-13-8-4-11(5-9-13)10-2-6-12(14)7-3-10/h2-3,6-7,11,13,15H,4-5,8-9H2,1H3. The summed E-state index contributed by atoms with van der Waals surface area (Å²) in [6.07, 6.45) is 4.76. The van der Waals surface area contributed by atoms with Crippen molar-refractivity contribution in [3.63, 3.8) is 0 Å². The molecule has 0 amide bonds. The summed E-state index contributed by atoms with van der Waals surface area (Å²) in [5.41, 5.74) is 1.15. The van der Waals surface area contributed by atoms with E-state index < -0.39 is 10.0 Å². The second-order valence-electron chi connectivity index (χ2n) is 4.99. The number of halogens is 1. The van der Waals surface area contributed by atoms with Crippen molar-refractivity contribution in [2.45, 2.75) is 37.6 Å². The Labute approximate surface area is 107 Å². The maximum absolute atomic E-state index is 12.8. The first-order valence-corrected chi connectivity index (χ1v) is 8.06. The number of nitrogens with one attached hydrogen (secondary N) is 1. The third-order valence-electron chi connectivity index (χ3n) is 3.45. The highest BCUT2D eigenvalue weighted by Crippen LogP contribution is 2.32. The Kier molecular flexibility index (Phi) is 4.02. The third kappa shape index (κ3) is 3.78. The summed E-state index contributed by atoms with van der Waals surface area (Å²) in [5, 5.41) is 0. The highest BCUT2D eigenvalue weighted by atomic mass is 32.2. The van der Waals surface area contributed by atoms with Crippen LogP contribution in [0.15, 0.2) is 24.3 Å². The normalized spacial score (nSPS) is 25.0. The summed E-state index contributed by atoms with van der Waals surface area (Å²) in [4.78, 5) is 0. The van der Waals surface area contributed by atoms with Crippen LogP contribution in [0.3, 0.4) is 0 Å². The lowest BCUT2D eigenvalue weighted by atomic mass is 9.82. The van der Waals surface area contributed by atoms with Gasteiger partial charge in [-0.2, -0.15) is 0 Å². The van der Waals surface area contributed by atoms with Crippen LogP contribution in [-0.2, 0) is 10.0 Å². The van der Waals surface area contributed by atoms with Gasteiger partial charge in [0.05, 0.1) is 6.26 Å². The molecular weight excluding hydrogens is 253 g/mol. The van der Waals surface area contributed by atoms with Gasteiger partial charge in [-0.15, -0.1) is 0 Å². The van der Waals surface area contributed by atoms with E-state index >= 15 is 0 Å². The molecule has 0 saturated heterocycles. The van der Waals surface area contributed by atoms with Gasteiger partial charge in [-0.25, -0.2) is 17.5 Å². The molecular formula is C13H18FNO2S. The first kappa shape index (κ1) is 13.5. The zero-order chi connectivity index (χ0) is 13.2. The monoisotopic (exact) mass is 271 g/mol. The van der Waals surface area contributed by atoms with E-state index in [2.05, 4.69) is 4.72 Å². The molecule has 1 fully saturated rings. The highest BCUT2D eigenvalue weighted by Gasteiger charge is 2.24. The molecule has 0 radical (unpaired) electrons. The van der Waals surface area contributed by atoms with Crippen LogP contribution in [-0.4, -0.2) is 20.7 Å². The van der Waals surface area contributed by atoms with Crippen molar-refractivity contribution in [2.24, 2.45) is 0 Å². The summed E-state index contributed by atoms with van der Waals surface area (Å²) >= 11 is 0. The molecule has 0 spiro atoms. The number of hydrogen-bond acceptors (Lipinski definition) is 2. The number of benzene rings is 1. The minimum Gasteiger partial charge on any atom is -0.213 e. The Bertz CT molecular complexity index is 490. The molecule has 0 unspecified atom stereocenters. The fourth-order valence-corrected chi connectivity index (χ4v) is 3.42. The quantitative estimate of drug-likeness (QED) is 0.917. The average molecular weight is 271 g/mol. The number of hydrogen-bond donors (Lipinski definition) is 1. The Balaban J connectivity index is 1.92. The van der Waals surface area contributed by atoms with Gasteiger partial charge >= 0.3 is 0 Å². The van der Waals surface area contributed by atoms with Crippen LogP contribution < -0.4 is 4.72 Å². The molecule has 1 aromatic rings. The summed E-state index contributed by atoms with van der Waals surface area (Å²) in [7, 11) is -3.11. The molecule has 18 heavy (non-hydrogen) atoms. The lowest BCUT2D eigenvalue weighted by molar-refractivity contribution is 0.374. The maximum Gasteiger partial charge on any atom is 0.208 e. The second-order valence-corrected chi connectivity index (χ2v) is 6.77. The third-order valence-corrected chi connectivity index (χ3v) is 4.21. The van der Waals surface area contributed by atoms with Crippen LogP contribution >= 0.6 is 0 Å². The second kappa shape index (κ2) is 5.36. The van der Waals surface area contributed by atoms with Gasteiger partial charge in [0.15, 0.2) is 0 Å². The highest BCUT2D eigenvalue weighted by molar-refractivity contribution is 7.88. The fourth-order valence-electron chi connectivity index (χ4n) is 2.58. The first-order chi connectivity index (χ1) is 8.44. The van der Waals surface area contributed by atoms with Gasteiger partial charge in [0.25, 0.3) is 0 Å². The van der Waals surface area contributed by atoms with E-state index in [1.165, 1.54) is 18.4 Å². The smallest absolute Gasteiger partial charge is 0.208 e. The van der Waals surface area contributed by atoms with Gasteiger partial charge in [0, 0.05) is 6.04 Å². The molecule has 0 bridgehead atoms. The fraction of sp³-hybridized carbons (Fsp3) is 0.538. The van der Waals surface area contributed by atoms with Crippen molar-refractivity contribution in [3.8, 4) is 0 Å². The van der Waals surface area contributed by atoms with Gasteiger partial charge in [0.1, 0.15) is 5.82 Å². The van der Waals surface area contributed by atoms with Crippen LogP contribution in [0, 0.1) is 5.82 Å². The molecule has 1 saturated carbocycles. The molecule has 0 atom stereocenters. The lowest BCUT2D eigenvalue weighted by Crippen LogP contribution is -2.36. The molecule has 2 rings (SSSR count). The largest absolute Gasteiger partial charge is 0.213 e. The van der Waals surface area contributed by atoms with E-state index in [9.17, 15) is 12.8 Å². The topological polar surface area (TPSA) is 46.2 Å². The molecule has 1 N–H and O–H groups in total. The molecule has 0 aliphatic heterocycles. The van der Waals surface area contributed by atoms with E-state index in [1.54, 1.807) is 0 Å². The Morgan fingerprint density at radius 3 is 2.17 bits per heavy atom. The molecule has 100 valence electrons. The first-order valence-electron chi connectivity index (χ1n) is 6.17. The van der Waals surface area contributed by atoms with Gasteiger partial charge < -0.3 is 0 Å². The molecule has 1 aliphatic carbocycles. The zero-order valence-corrected chi connectivity index (χ0v) is 11.2. The van der Waals surface area contributed by atoms with Crippen LogP contribution in [0.5, 0.6) is 0 Å². The van der Waals surface area contributed by atoms with Crippen LogP contribution in [0.25, 0.3) is 0 Å². The van der Waals surface area contributed by atoms with Gasteiger partial charge in [-0.3, -0.25) is 0 Å².